The van der Waals surface area contributed by atoms with Crippen LogP contribution in [-0.4, -0.2) is 18.2 Å². The number of fused-ring (bicyclic) bond motifs is 2. The molecule has 3 aliphatic rings. The largest absolute Gasteiger partial charge is 0.352 e. The van der Waals surface area contributed by atoms with Gasteiger partial charge in [0.15, 0.2) is 0 Å². The number of allylic oxidation sites excluding steroid dienone is 4. The van der Waals surface area contributed by atoms with Gasteiger partial charge in [-0.25, -0.2) is 0 Å². The van der Waals surface area contributed by atoms with Crippen LogP contribution in [0.5, 0.6) is 0 Å². The number of piperidine rings is 1. The number of carbonyl (C=O) groups is 1. The van der Waals surface area contributed by atoms with Gasteiger partial charge in [0.05, 0.1) is 5.71 Å². The van der Waals surface area contributed by atoms with Crippen molar-refractivity contribution in [2.75, 3.05) is 6.54 Å². The van der Waals surface area contributed by atoms with E-state index in [0.29, 0.717) is 5.92 Å². The molecule has 0 aromatic rings. The summed E-state index contributed by atoms with van der Waals surface area (Å²) in [7, 11) is 0. The SMILES string of the molecule is O=C1NCCC2C=CC3=NC=CC3=C12. The molecule has 1 amide bonds. The van der Waals surface area contributed by atoms with Crippen LogP contribution in [0.4, 0.5) is 0 Å². The number of amides is 1. The quantitative estimate of drug-likeness (QED) is 0.601. The average molecular weight is 186 g/mol. The Balaban J connectivity index is 2.16. The van der Waals surface area contributed by atoms with Gasteiger partial charge in [-0.2, -0.15) is 0 Å². The molecule has 0 bridgehead atoms. The van der Waals surface area contributed by atoms with E-state index >= 15 is 0 Å². The van der Waals surface area contributed by atoms with Crippen molar-refractivity contribution in [2.24, 2.45) is 10.9 Å². The van der Waals surface area contributed by atoms with Crippen LogP contribution in [0.15, 0.2) is 40.6 Å². The summed E-state index contributed by atoms with van der Waals surface area (Å²) in [5, 5.41) is 2.87. The molecule has 3 rings (SSSR count). The van der Waals surface area contributed by atoms with Crippen LogP contribution in [0.25, 0.3) is 0 Å². The van der Waals surface area contributed by atoms with E-state index in [1.807, 2.05) is 12.2 Å². The van der Waals surface area contributed by atoms with Gasteiger partial charge in [0.2, 0.25) is 5.91 Å². The fourth-order valence-corrected chi connectivity index (χ4v) is 2.18. The zero-order valence-corrected chi connectivity index (χ0v) is 7.66. The minimum absolute atomic E-state index is 0.0693. The predicted molar refractivity (Wildman–Crippen MR) is 53.9 cm³/mol. The highest BCUT2D eigenvalue weighted by Crippen LogP contribution is 2.31. The molecule has 2 aliphatic heterocycles. The highest BCUT2D eigenvalue weighted by Gasteiger charge is 2.30. The van der Waals surface area contributed by atoms with Crippen molar-refractivity contribution < 1.29 is 4.79 Å². The highest BCUT2D eigenvalue weighted by molar-refractivity contribution is 6.18. The van der Waals surface area contributed by atoms with Gasteiger partial charge in [0.25, 0.3) is 0 Å². The Labute approximate surface area is 81.9 Å². The van der Waals surface area contributed by atoms with Gasteiger partial charge in [0.1, 0.15) is 0 Å². The molecule has 0 radical (unpaired) electrons. The maximum atomic E-state index is 11.7. The van der Waals surface area contributed by atoms with Gasteiger partial charge < -0.3 is 5.32 Å². The molecule has 1 saturated heterocycles. The van der Waals surface area contributed by atoms with Gasteiger partial charge in [-0.1, -0.05) is 6.08 Å². The molecule has 0 spiro atoms. The van der Waals surface area contributed by atoms with Crippen molar-refractivity contribution in [3.63, 3.8) is 0 Å². The molecule has 1 aliphatic carbocycles. The Kier molecular flexibility index (Phi) is 1.48. The lowest BCUT2D eigenvalue weighted by atomic mass is 9.82. The molecule has 1 fully saturated rings. The standard InChI is InChI=1S/C11H10N2O/c14-11-10-7(3-5-13-11)1-2-9-8(10)4-6-12-9/h1-2,4,6-7H,3,5H2,(H,13,14). The van der Waals surface area contributed by atoms with Crippen molar-refractivity contribution in [3.05, 3.63) is 35.6 Å². The molecule has 14 heavy (non-hydrogen) atoms. The van der Waals surface area contributed by atoms with Crippen LogP contribution in [0.3, 0.4) is 0 Å². The molecule has 0 saturated carbocycles. The summed E-state index contributed by atoms with van der Waals surface area (Å²) < 4.78 is 0. The van der Waals surface area contributed by atoms with Crippen molar-refractivity contribution >= 4 is 11.6 Å². The lowest BCUT2D eigenvalue weighted by molar-refractivity contribution is -0.118. The number of carbonyl (C=O) groups excluding carboxylic acids is 1. The highest BCUT2D eigenvalue weighted by atomic mass is 16.1. The predicted octanol–water partition coefficient (Wildman–Crippen LogP) is 0.957. The smallest absolute Gasteiger partial charge is 0.248 e. The van der Waals surface area contributed by atoms with Gasteiger partial charge in [-0.05, 0) is 18.6 Å². The van der Waals surface area contributed by atoms with E-state index in [1.54, 1.807) is 6.20 Å². The van der Waals surface area contributed by atoms with E-state index in [-0.39, 0.29) is 5.91 Å². The maximum absolute atomic E-state index is 11.7. The Morgan fingerprint density at radius 3 is 3.29 bits per heavy atom. The third-order valence-corrected chi connectivity index (χ3v) is 2.86. The van der Waals surface area contributed by atoms with Crippen molar-refractivity contribution in [1.29, 1.82) is 0 Å². The second kappa shape index (κ2) is 2.67. The van der Waals surface area contributed by atoms with E-state index in [1.165, 1.54) is 0 Å². The van der Waals surface area contributed by atoms with E-state index in [4.69, 9.17) is 0 Å². The second-order valence-electron chi connectivity index (χ2n) is 3.67. The van der Waals surface area contributed by atoms with Gasteiger partial charge in [-0.3, -0.25) is 9.79 Å². The maximum Gasteiger partial charge on any atom is 0.248 e. The zero-order chi connectivity index (χ0) is 9.54. The summed E-state index contributed by atoms with van der Waals surface area (Å²) in [5.41, 5.74) is 2.83. The topological polar surface area (TPSA) is 41.5 Å². The Morgan fingerprint density at radius 1 is 1.43 bits per heavy atom. The van der Waals surface area contributed by atoms with Crippen LogP contribution in [0, 0.1) is 5.92 Å². The van der Waals surface area contributed by atoms with Crippen LogP contribution >= 0.6 is 0 Å². The average Bonchev–Trinajstić information content (AvgIpc) is 2.65. The summed E-state index contributed by atoms with van der Waals surface area (Å²) in [6.45, 7) is 0.779. The van der Waals surface area contributed by atoms with Crippen molar-refractivity contribution in [1.82, 2.24) is 5.32 Å². The fourth-order valence-electron chi connectivity index (χ4n) is 2.18. The summed E-state index contributed by atoms with van der Waals surface area (Å²) in [6.07, 6.45) is 8.78. The van der Waals surface area contributed by atoms with Gasteiger partial charge in [0, 0.05) is 29.8 Å². The normalized spacial score (nSPS) is 28.4. The summed E-state index contributed by atoms with van der Waals surface area (Å²) in [4.78, 5) is 15.9. The third-order valence-electron chi connectivity index (χ3n) is 2.86. The van der Waals surface area contributed by atoms with Gasteiger partial charge >= 0.3 is 0 Å². The monoisotopic (exact) mass is 186 g/mol. The Hall–Kier alpha value is -1.64. The molecule has 1 atom stereocenters. The van der Waals surface area contributed by atoms with Gasteiger partial charge in [-0.15, -0.1) is 0 Å². The molecule has 1 unspecified atom stereocenters. The third kappa shape index (κ3) is 0.923. The number of nitrogens with one attached hydrogen (secondary N) is 1. The molecule has 70 valence electrons. The number of rotatable bonds is 0. The Morgan fingerprint density at radius 2 is 2.36 bits per heavy atom. The second-order valence-corrected chi connectivity index (χ2v) is 3.67. The van der Waals surface area contributed by atoms with Crippen LogP contribution in [0.1, 0.15) is 6.42 Å². The summed E-state index contributed by atoms with van der Waals surface area (Å²) >= 11 is 0. The van der Waals surface area contributed by atoms with Crippen LogP contribution in [-0.2, 0) is 4.79 Å². The lowest BCUT2D eigenvalue weighted by Gasteiger charge is -2.26. The first-order chi connectivity index (χ1) is 6.86. The minimum atomic E-state index is 0.0693. The zero-order valence-electron chi connectivity index (χ0n) is 7.66. The molecule has 0 aromatic carbocycles. The first-order valence-electron chi connectivity index (χ1n) is 4.81. The number of nitrogens with zero attached hydrogens (tertiary/aromatic N) is 1. The lowest BCUT2D eigenvalue weighted by Crippen LogP contribution is -2.37. The van der Waals surface area contributed by atoms with Crippen LogP contribution < -0.4 is 5.32 Å². The van der Waals surface area contributed by atoms with E-state index in [2.05, 4.69) is 16.4 Å². The Bertz CT molecular complexity index is 427. The summed E-state index contributed by atoms with van der Waals surface area (Å²) in [6, 6.07) is 0. The van der Waals surface area contributed by atoms with Crippen LogP contribution in [0.2, 0.25) is 0 Å². The minimum Gasteiger partial charge on any atom is -0.352 e. The van der Waals surface area contributed by atoms with Crippen molar-refractivity contribution in [3.8, 4) is 0 Å². The number of hydrogen-bond donors (Lipinski definition) is 1. The first kappa shape index (κ1) is 7.74. The van der Waals surface area contributed by atoms with E-state index < -0.39 is 0 Å². The fraction of sp³-hybridized carbons (Fsp3) is 0.273. The molecule has 3 nitrogen and oxygen atoms in total. The first-order valence-corrected chi connectivity index (χ1v) is 4.81. The molecule has 0 aromatic heterocycles. The van der Waals surface area contributed by atoms with E-state index in [9.17, 15) is 4.79 Å². The summed E-state index contributed by atoms with van der Waals surface area (Å²) in [5.74, 6) is 0.361. The molecular formula is C11H10N2O. The molecule has 2 heterocycles. The molecule has 1 N–H and O–H groups in total. The van der Waals surface area contributed by atoms with Crippen molar-refractivity contribution in [2.45, 2.75) is 6.42 Å². The number of aliphatic imine (C=N–C) groups is 1. The molecule has 3 heteroatoms. The number of hydrogen-bond acceptors (Lipinski definition) is 2. The molecular weight excluding hydrogens is 176 g/mol. The van der Waals surface area contributed by atoms with E-state index in [0.717, 1.165) is 29.8 Å².